The van der Waals surface area contributed by atoms with Gasteiger partial charge in [0.2, 0.25) is 5.91 Å². The van der Waals surface area contributed by atoms with E-state index < -0.39 is 0 Å². The molecule has 1 aliphatic heterocycles. The molecule has 8 heteroatoms. The summed E-state index contributed by atoms with van der Waals surface area (Å²) in [5, 5.41) is 4.90. The van der Waals surface area contributed by atoms with E-state index in [0.717, 1.165) is 26.3 Å². The normalized spacial score (nSPS) is 20.1. The maximum atomic E-state index is 12.6. The van der Waals surface area contributed by atoms with Crippen molar-refractivity contribution in [2.24, 2.45) is 0 Å². The monoisotopic (exact) mass is 419 g/mol. The number of hydrogen-bond donors (Lipinski definition) is 1. The Morgan fingerprint density at radius 1 is 1.22 bits per heavy atom. The van der Waals surface area contributed by atoms with Gasteiger partial charge in [-0.15, -0.1) is 22.7 Å². The summed E-state index contributed by atoms with van der Waals surface area (Å²) in [6, 6.07) is 8.24. The second kappa shape index (κ2) is 8.18. The minimum absolute atomic E-state index is 0.0853. The van der Waals surface area contributed by atoms with Crippen molar-refractivity contribution in [3.8, 4) is 21.1 Å². The van der Waals surface area contributed by atoms with Gasteiger partial charge in [0.1, 0.15) is 5.69 Å². The van der Waals surface area contributed by atoms with Crippen molar-refractivity contribution in [1.29, 1.82) is 0 Å². The van der Waals surface area contributed by atoms with Gasteiger partial charge in [0.15, 0.2) is 5.16 Å². The fourth-order valence-corrected chi connectivity index (χ4v) is 5.43. The van der Waals surface area contributed by atoms with Gasteiger partial charge < -0.3 is 14.6 Å². The first-order chi connectivity index (χ1) is 13.1. The van der Waals surface area contributed by atoms with Gasteiger partial charge in [-0.2, -0.15) is 0 Å². The topological polar surface area (TPSA) is 58.2 Å². The van der Waals surface area contributed by atoms with Gasteiger partial charge in [0.05, 0.1) is 33.4 Å². The van der Waals surface area contributed by atoms with Crippen LogP contribution >= 0.6 is 34.4 Å². The van der Waals surface area contributed by atoms with Crippen LogP contribution in [0.1, 0.15) is 13.8 Å². The lowest BCUT2D eigenvalue weighted by Crippen LogP contribution is -2.48. The van der Waals surface area contributed by atoms with Crippen molar-refractivity contribution in [2.45, 2.75) is 31.2 Å². The zero-order valence-electron chi connectivity index (χ0n) is 15.2. The van der Waals surface area contributed by atoms with Gasteiger partial charge in [0, 0.05) is 13.1 Å². The molecule has 1 amide bonds. The summed E-state index contributed by atoms with van der Waals surface area (Å²) in [6.07, 6.45) is 0.171. The molecule has 3 aromatic heterocycles. The number of H-pyrrole nitrogens is 1. The molecule has 3 aromatic rings. The van der Waals surface area contributed by atoms with E-state index >= 15 is 0 Å². The summed E-state index contributed by atoms with van der Waals surface area (Å²) in [5.41, 5.74) is 1.98. The molecule has 0 aliphatic carbocycles. The number of hydrogen-bond acceptors (Lipinski definition) is 6. The molecule has 4 heterocycles. The van der Waals surface area contributed by atoms with Crippen LogP contribution in [0.5, 0.6) is 0 Å². The largest absolute Gasteiger partial charge is 0.372 e. The van der Waals surface area contributed by atoms with Crippen molar-refractivity contribution >= 4 is 40.3 Å². The van der Waals surface area contributed by atoms with Gasteiger partial charge in [-0.3, -0.25) is 4.79 Å². The highest BCUT2D eigenvalue weighted by Gasteiger charge is 2.26. The molecule has 0 radical (unpaired) electrons. The smallest absolute Gasteiger partial charge is 0.233 e. The number of carbonyl (C=O) groups excluding carboxylic acids is 1. The molecule has 1 saturated heterocycles. The number of carbonyl (C=O) groups is 1. The van der Waals surface area contributed by atoms with Gasteiger partial charge in [-0.1, -0.05) is 23.9 Å². The first-order valence-corrected chi connectivity index (χ1v) is 11.6. The van der Waals surface area contributed by atoms with E-state index in [-0.39, 0.29) is 18.1 Å². The number of ether oxygens (including phenoxy) is 1. The van der Waals surface area contributed by atoms with Crippen molar-refractivity contribution in [3.05, 3.63) is 35.0 Å². The van der Waals surface area contributed by atoms with E-state index in [1.807, 2.05) is 30.9 Å². The zero-order chi connectivity index (χ0) is 18.8. The van der Waals surface area contributed by atoms with Gasteiger partial charge >= 0.3 is 0 Å². The SMILES string of the molecule is C[C@@H]1CN(C(=O)CSc2nc(-c3cccs3)c(-c3cccs3)[nH]2)C[C@H](C)O1. The molecule has 4 rings (SSSR count). The molecule has 142 valence electrons. The highest BCUT2D eigenvalue weighted by atomic mass is 32.2. The van der Waals surface area contributed by atoms with E-state index in [9.17, 15) is 4.79 Å². The number of aromatic amines is 1. The lowest BCUT2D eigenvalue weighted by Gasteiger charge is -2.35. The van der Waals surface area contributed by atoms with E-state index in [0.29, 0.717) is 18.8 Å². The third-order valence-corrected chi connectivity index (χ3v) is 6.93. The van der Waals surface area contributed by atoms with Crippen LogP contribution in [0.25, 0.3) is 21.1 Å². The quantitative estimate of drug-likeness (QED) is 0.614. The van der Waals surface area contributed by atoms with Crippen molar-refractivity contribution in [2.75, 3.05) is 18.8 Å². The molecule has 0 unspecified atom stereocenters. The number of nitrogens with zero attached hydrogens (tertiary/aromatic N) is 2. The number of aromatic nitrogens is 2. The lowest BCUT2D eigenvalue weighted by molar-refractivity contribution is -0.140. The second-order valence-electron chi connectivity index (χ2n) is 6.56. The maximum absolute atomic E-state index is 12.6. The van der Waals surface area contributed by atoms with Crippen LogP contribution < -0.4 is 0 Å². The van der Waals surface area contributed by atoms with Crippen molar-refractivity contribution in [3.63, 3.8) is 0 Å². The molecule has 0 aromatic carbocycles. The Morgan fingerprint density at radius 2 is 1.89 bits per heavy atom. The molecule has 0 spiro atoms. The molecule has 5 nitrogen and oxygen atoms in total. The highest BCUT2D eigenvalue weighted by Crippen LogP contribution is 2.36. The molecule has 27 heavy (non-hydrogen) atoms. The number of thioether (sulfide) groups is 1. The first kappa shape index (κ1) is 18.7. The summed E-state index contributed by atoms with van der Waals surface area (Å²) in [6.45, 7) is 5.33. The van der Waals surface area contributed by atoms with E-state index in [1.54, 1.807) is 22.7 Å². The second-order valence-corrected chi connectivity index (χ2v) is 9.42. The third-order valence-electron chi connectivity index (χ3n) is 4.31. The number of imidazole rings is 1. The number of amides is 1. The van der Waals surface area contributed by atoms with E-state index in [1.165, 1.54) is 11.8 Å². The van der Waals surface area contributed by atoms with Gasteiger partial charge in [-0.25, -0.2) is 4.98 Å². The Kier molecular flexibility index (Phi) is 5.68. The molecular formula is C19H21N3O2S3. The number of nitrogens with one attached hydrogen (secondary N) is 1. The Bertz CT molecular complexity index is 828. The molecular weight excluding hydrogens is 398 g/mol. The molecule has 2 atom stereocenters. The predicted molar refractivity (Wildman–Crippen MR) is 113 cm³/mol. The lowest BCUT2D eigenvalue weighted by atomic mass is 10.2. The maximum Gasteiger partial charge on any atom is 0.233 e. The van der Waals surface area contributed by atoms with Crippen LogP contribution in [0.4, 0.5) is 0 Å². The summed E-state index contributed by atoms with van der Waals surface area (Å²) in [4.78, 5) is 25.0. The summed E-state index contributed by atoms with van der Waals surface area (Å²) in [5.74, 6) is 0.509. The molecule has 1 N–H and O–H groups in total. The molecule has 0 saturated carbocycles. The summed E-state index contributed by atoms with van der Waals surface area (Å²) >= 11 is 4.82. The van der Waals surface area contributed by atoms with Gasteiger partial charge in [-0.05, 0) is 36.7 Å². The van der Waals surface area contributed by atoms with E-state index in [2.05, 4.69) is 27.9 Å². The predicted octanol–water partition coefficient (Wildman–Crippen LogP) is 4.59. The van der Waals surface area contributed by atoms with Crippen LogP contribution in [-0.4, -0.2) is 51.8 Å². The Labute approximate surface area is 170 Å². The molecule has 0 bridgehead atoms. The number of rotatable bonds is 5. The minimum Gasteiger partial charge on any atom is -0.372 e. The van der Waals surface area contributed by atoms with Crippen LogP contribution in [0.2, 0.25) is 0 Å². The molecule has 1 fully saturated rings. The standard InChI is InChI=1S/C19H21N3O2S3/c1-12-9-22(10-13(2)24-12)16(23)11-27-19-20-17(14-5-3-7-25-14)18(21-19)15-6-4-8-26-15/h3-8,12-13H,9-11H2,1-2H3,(H,20,21)/t12-,13+. The Balaban J connectivity index is 1.50. The van der Waals surface area contributed by atoms with Crippen molar-refractivity contribution < 1.29 is 9.53 Å². The number of thiophene rings is 2. The minimum atomic E-state index is 0.0853. The number of morpholine rings is 1. The van der Waals surface area contributed by atoms with Crippen LogP contribution in [0, 0.1) is 0 Å². The highest BCUT2D eigenvalue weighted by molar-refractivity contribution is 7.99. The van der Waals surface area contributed by atoms with Crippen LogP contribution in [0.15, 0.2) is 40.2 Å². The van der Waals surface area contributed by atoms with Crippen molar-refractivity contribution in [1.82, 2.24) is 14.9 Å². The van der Waals surface area contributed by atoms with Crippen LogP contribution in [-0.2, 0) is 9.53 Å². The summed E-state index contributed by atoms with van der Waals surface area (Å²) < 4.78 is 5.71. The summed E-state index contributed by atoms with van der Waals surface area (Å²) in [7, 11) is 0. The van der Waals surface area contributed by atoms with Crippen LogP contribution in [0.3, 0.4) is 0 Å². The fourth-order valence-electron chi connectivity index (χ4n) is 3.21. The zero-order valence-corrected chi connectivity index (χ0v) is 17.6. The average Bonchev–Trinajstić information content (AvgIpc) is 3.39. The van der Waals surface area contributed by atoms with E-state index in [4.69, 9.17) is 9.72 Å². The molecule has 1 aliphatic rings. The Morgan fingerprint density at radius 3 is 2.52 bits per heavy atom. The fraction of sp³-hybridized carbons (Fsp3) is 0.368. The Hall–Kier alpha value is -1.61. The third kappa shape index (κ3) is 4.29. The first-order valence-electron chi connectivity index (χ1n) is 8.84. The van der Waals surface area contributed by atoms with Gasteiger partial charge in [0.25, 0.3) is 0 Å². The average molecular weight is 420 g/mol.